The highest BCUT2D eigenvalue weighted by Crippen LogP contribution is 2.50. The summed E-state index contributed by atoms with van der Waals surface area (Å²) < 4.78 is 12.3. The monoisotopic (exact) mass is 977 g/mol. The van der Waals surface area contributed by atoms with E-state index in [1.807, 2.05) is 0 Å². The summed E-state index contributed by atoms with van der Waals surface area (Å²) in [5, 5.41) is 7.10. The number of anilines is 3. The molecule has 0 saturated heterocycles. The first-order valence-corrected chi connectivity index (χ1v) is 26.6. The Kier molecular flexibility index (Phi) is 8.90. The van der Waals surface area contributed by atoms with Crippen molar-refractivity contribution in [3.05, 3.63) is 267 Å². The van der Waals surface area contributed by atoms with Gasteiger partial charge < -0.3 is 18.5 Å². The molecule has 5 heteroatoms. The minimum atomic E-state index is -0.233. The van der Waals surface area contributed by atoms with Gasteiger partial charge in [-0.15, -0.1) is 0 Å². The van der Waals surface area contributed by atoms with Gasteiger partial charge in [0.2, 0.25) is 0 Å². The van der Waals surface area contributed by atoms with Crippen molar-refractivity contribution in [2.75, 3.05) is 4.90 Å². The second-order valence-corrected chi connectivity index (χ2v) is 20.7. The minimum Gasteiger partial charge on any atom is -0.457 e. The first-order chi connectivity index (χ1) is 38.2. The number of furan rings is 1. The van der Waals surface area contributed by atoms with Crippen LogP contribution < -0.4 is 21.3 Å². The predicted octanol–water partition coefficient (Wildman–Crippen LogP) is 17.1. The third-order valence-electron chi connectivity index (χ3n) is 16.7. The number of rotatable bonds is 6. The third-order valence-corrected chi connectivity index (χ3v) is 16.7. The number of hydrogen-bond acceptors (Lipinski definition) is 2. The lowest BCUT2D eigenvalue weighted by Gasteiger charge is -2.41. The zero-order valence-corrected chi connectivity index (χ0v) is 41.7. The standard InChI is InChI=1S/C72H44BN3O/c1-6-20-45(21-7-1)49-35-37-62-56(38-49)57-43-65-60(44-64(57)74(62)52-28-14-5-15-29-52)73-69-66(75(65)63-39-50(46-22-8-2-9-23-46)34-36-53(63)48-26-12-4-13-27-48)40-51(47-24-10-3-11-25-47)41-67(69)76-61-32-18-16-30-54(61)58-42-59-55-31-17-19-33-68(55)77-72(59)70(73)71(58)76/h1-44H. The summed E-state index contributed by atoms with van der Waals surface area (Å²) in [6, 6.07) is 98.5. The summed E-state index contributed by atoms with van der Waals surface area (Å²) in [6.07, 6.45) is 0. The molecule has 0 radical (unpaired) electrons. The SMILES string of the molecule is c1ccc(-c2ccc(-c3ccccc3)c(N3c4cc5c6cc(-c7ccccc7)ccc6n(-c6ccccc6)c5cc4B4c5c3cc(-c3ccccc3)cc5-n3c5ccccc5c5cc6c(oc7ccccc76)c4c53)c2)cc1. The van der Waals surface area contributed by atoms with Crippen LogP contribution in [-0.2, 0) is 0 Å². The third kappa shape index (κ3) is 6.11. The van der Waals surface area contributed by atoms with Gasteiger partial charge in [-0.25, -0.2) is 0 Å². The lowest BCUT2D eigenvalue weighted by molar-refractivity contribution is 0.671. The largest absolute Gasteiger partial charge is 0.457 e. The molecule has 356 valence electrons. The Morgan fingerprint density at radius 3 is 1.58 bits per heavy atom. The number of nitrogens with zero attached hydrogens (tertiary/aromatic N) is 3. The molecule has 0 unspecified atom stereocenters. The van der Waals surface area contributed by atoms with Crippen molar-refractivity contribution in [2.24, 2.45) is 0 Å². The second kappa shape index (κ2) is 16.2. The molecule has 0 amide bonds. The highest BCUT2D eigenvalue weighted by Gasteiger charge is 2.45. The van der Waals surface area contributed by atoms with Crippen LogP contribution in [0.5, 0.6) is 0 Å². The molecule has 0 bridgehead atoms. The van der Waals surface area contributed by atoms with Crippen LogP contribution in [0.4, 0.5) is 17.1 Å². The van der Waals surface area contributed by atoms with Crippen molar-refractivity contribution in [3.8, 4) is 55.9 Å². The molecule has 77 heavy (non-hydrogen) atoms. The van der Waals surface area contributed by atoms with Crippen LogP contribution in [0.25, 0.3) is 121 Å². The maximum atomic E-state index is 7.29. The van der Waals surface area contributed by atoms with Crippen LogP contribution in [-0.4, -0.2) is 15.8 Å². The molecule has 3 aromatic heterocycles. The zero-order valence-electron chi connectivity index (χ0n) is 41.7. The van der Waals surface area contributed by atoms with Gasteiger partial charge in [0, 0.05) is 60.6 Å². The van der Waals surface area contributed by atoms with E-state index in [0.29, 0.717) is 0 Å². The Hall–Kier alpha value is -10.1. The second-order valence-electron chi connectivity index (χ2n) is 20.7. The molecule has 15 aromatic rings. The van der Waals surface area contributed by atoms with E-state index in [9.17, 15) is 0 Å². The normalized spacial score (nSPS) is 12.6. The van der Waals surface area contributed by atoms with E-state index in [2.05, 4.69) is 281 Å². The molecule has 0 N–H and O–H groups in total. The summed E-state index contributed by atoms with van der Waals surface area (Å²) >= 11 is 0. The lowest BCUT2D eigenvalue weighted by Crippen LogP contribution is -2.60. The van der Waals surface area contributed by atoms with Gasteiger partial charge in [-0.1, -0.05) is 194 Å². The fraction of sp³-hybridized carbons (Fsp3) is 0. The quantitative estimate of drug-likeness (QED) is 0.155. The first-order valence-electron chi connectivity index (χ1n) is 26.6. The maximum Gasteiger partial charge on any atom is 0.257 e. The molecule has 4 nitrogen and oxygen atoms in total. The predicted molar refractivity (Wildman–Crippen MR) is 323 cm³/mol. The van der Waals surface area contributed by atoms with E-state index in [0.717, 1.165) is 83.5 Å². The summed E-state index contributed by atoms with van der Waals surface area (Å²) in [5.41, 5.74) is 25.2. The van der Waals surface area contributed by atoms with E-state index in [4.69, 9.17) is 4.42 Å². The highest BCUT2D eigenvalue weighted by molar-refractivity contribution is 7.01. The average molecular weight is 978 g/mol. The summed E-state index contributed by atoms with van der Waals surface area (Å²) in [4.78, 5) is 2.63. The van der Waals surface area contributed by atoms with Gasteiger partial charge >= 0.3 is 0 Å². The molecule has 5 heterocycles. The van der Waals surface area contributed by atoms with Gasteiger partial charge in [-0.2, -0.15) is 0 Å². The van der Waals surface area contributed by atoms with Crippen LogP contribution in [0, 0.1) is 0 Å². The van der Waals surface area contributed by atoms with E-state index < -0.39 is 0 Å². The van der Waals surface area contributed by atoms with Crippen LogP contribution in [0.1, 0.15) is 0 Å². The van der Waals surface area contributed by atoms with Crippen molar-refractivity contribution >= 4 is 106 Å². The van der Waals surface area contributed by atoms with Crippen molar-refractivity contribution in [1.82, 2.24) is 9.13 Å². The number of aromatic nitrogens is 2. The molecular weight excluding hydrogens is 934 g/mol. The summed E-state index contributed by atoms with van der Waals surface area (Å²) in [5.74, 6) is 0. The molecule has 0 atom stereocenters. The van der Waals surface area contributed by atoms with Crippen molar-refractivity contribution in [1.29, 1.82) is 0 Å². The smallest absolute Gasteiger partial charge is 0.257 e. The molecule has 0 saturated carbocycles. The highest BCUT2D eigenvalue weighted by atomic mass is 16.3. The topological polar surface area (TPSA) is 26.2 Å². The van der Waals surface area contributed by atoms with E-state index in [1.54, 1.807) is 0 Å². The van der Waals surface area contributed by atoms with Crippen LogP contribution >= 0.6 is 0 Å². The molecule has 2 aliphatic rings. The molecule has 17 rings (SSSR count). The Morgan fingerprint density at radius 1 is 0.299 bits per heavy atom. The van der Waals surface area contributed by atoms with Crippen LogP contribution in [0.2, 0.25) is 0 Å². The maximum absolute atomic E-state index is 7.29. The number of hydrogen-bond donors (Lipinski definition) is 0. The van der Waals surface area contributed by atoms with Crippen molar-refractivity contribution in [2.45, 2.75) is 0 Å². The van der Waals surface area contributed by atoms with Crippen LogP contribution in [0.3, 0.4) is 0 Å². The zero-order chi connectivity index (χ0) is 50.3. The molecule has 12 aromatic carbocycles. The van der Waals surface area contributed by atoms with E-state index >= 15 is 0 Å². The number of para-hydroxylation sites is 3. The molecule has 2 aliphatic heterocycles. The van der Waals surface area contributed by atoms with Gasteiger partial charge in [0.15, 0.2) is 0 Å². The van der Waals surface area contributed by atoms with Gasteiger partial charge in [-0.05, 0) is 128 Å². The van der Waals surface area contributed by atoms with Crippen molar-refractivity contribution < 1.29 is 4.42 Å². The fourth-order valence-electron chi connectivity index (χ4n) is 13.3. The lowest BCUT2D eigenvalue weighted by atomic mass is 9.33. The van der Waals surface area contributed by atoms with Gasteiger partial charge in [-0.3, -0.25) is 0 Å². The molecular formula is C72H44BN3O. The van der Waals surface area contributed by atoms with Gasteiger partial charge in [0.25, 0.3) is 6.71 Å². The summed E-state index contributed by atoms with van der Waals surface area (Å²) in [6.45, 7) is -0.233. The first kappa shape index (κ1) is 42.3. The minimum absolute atomic E-state index is 0.233. The fourth-order valence-corrected chi connectivity index (χ4v) is 13.3. The Bertz CT molecular complexity index is 4910. The van der Waals surface area contributed by atoms with Crippen LogP contribution in [0.15, 0.2) is 271 Å². The Labute approximate surface area is 444 Å². The van der Waals surface area contributed by atoms with E-state index in [1.165, 1.54) is 71.3 Å². The average Bonchev–Trinajstić information content (AvgIpc) is 4.39. The van der Waals surface area contributed by atoms with Crippen molar-refractivity contribution in [3.63, 3.8) is 0 Å². The molecule has 0 spiro atoms. The summed E-state index contributed by atoms with van der Waals surface area (Å²) in [7, 11) is 0. The number of benzene rings is 12. The Balaban J connectivity index is 1.09. The van der Waals surface area contributed by atoms with Gasteiger partial charge in [0.05, 0.1) is 27.8 Å². The molecule has 0 fully saturated rings. The van der Waals surface area contributed by atoms with Gasteiger partial charge in [0.1, 0.15) is 11.2 Å². The number of fused-ring (bicyclic) bond motifs is 14. The Morgan fingerprint density at radius 2 is 0.857 bits per heavy atom. The molecule has 0 aliphatic carbocycles. The van der Waals surface area contributed by atoms with E-state index in [-0.39, 0.29) is 6.71 Å².